The average Bonchev–Trinajstić information content (AvgIpc) is 3.19. The molecule has 2 heterocycles. The van der Waals surface area contributed by atoms with Crippen molar-refractivity contribution in [1.29, 1.82) is 0 Å². The van der Waals surface area contributed by atoms with Gasteiger partial charge in [0.2, 0.25) is 5.82 Å². The lowest BCUT2D eigenvalue weighted by molar-refractivity contribution is 0.474. The van der Waals surface area contributed by atoms with Crippen molar-refractivity contribution in [3.8, 4) is 17.3 Å². The zero-order valence-electron chi connectivity index (χ0n) is 15.5. The first-order valence-corrected chi connectivity index (χ1v) is 9.93. The maximum absolute atomic E-state index is 13.2. The zero-order valence-corrected chi connectivity index (χ0v) is 17.1. The Kier molecular flexibility index (Phi) is 4.44. The van der Waals surface area contributed by atoms with Crippen LogP contribution < -0.4 is 5.56 Å². The predicted molar refractivity (Wildman–Crippen MR) is 120 cm³/mol. The summed E-state index contributed by atoms with van der Waals surface area (Å²) in [7, 11) is 0. The van der Waals surface area contributed by atoms with Crippen molar-refractivity contribution in [2.75, 3.05) is 0 Å². The Hall–Kier alpha value is -3.71. The highest BCUT2D eigenvalue weighted by Crippen LogP contribution is 2.27. The number of aromatic nitrogens is 2. The number of phenols is 1. The molecule has 0 amide bonds. The predicted octanol–water partition coefficient (Wildman–Crippen LogP) is 5.16. The molecule has 0 aliphatic heterocycles. The van der Waals surface area contributed by atoms with E-state index >= 15 is 0 Å². The van der Waals surface area contributed by atoms with Crippen LogP contribution in [0.1, 0.15) is 5.56 Å². The minimum Gasteiger partial charge on any atom is -0.507 e. The van der Waals surface area contributed by atoms with Crippen molar-refractivity contribution in [2.24, 2.45) is 5.10 Å². The van der Waals surface area contributed by atoms with E-state index < -0.39 is 0 Å². The number of hydrogen-bond acceptors (Lipinski definition) is 5. The minimum absolute atomic E-state index is 0.0500. The van der Waals surface area contributed by atoms with Crippen molar-refractivity contribution < 1.29 is 9.52 Å². The second kappa shape index (κ2) is 7.27. The van der Waals surface area contributed by atoms with E-state index in [0.29, 0.717) is 27.8 Å². The Labute approximate surface area is 178 Å². The quantitative estimate of drug-likeness (QED) is 0.377. The molecule has 0 atom stereocenters. The molecule has 5 rings (SSSR count). The van der Waals surface area contributed by atoms with Crippen molar-refractivity contribution in [3.05, 3.63) is 93.2 Å². The molecule has 30 heavy (non-hydrogen) atoms. The maximum Gasteiger partial charge on any atom is 0.282 e. The molecule has 0 aliphatic carbocycles. The molecule has 146 valence electrons. The number of furan rings is 1. The number of rotatable bonds is 3. The molecule has 6 nitrogen and oxygen atoms in total. The standard InChI is InChI=1S/C23H14BrN3O3/c24-16-9-10-19(28)15(11-16)13-25-27-22(21-12-14-5-1-4-8-20(14)30-21)26-18-7-3-2-6-17(18)23(27)29/h1-13,28H. The van der Waals surface area contributed by atoms with Gasteiger partial charge in [-0.1, -0.05) is 46.3 Å². The third kappa shape index (κ3) is 3.19. The van der Waals surface area contributed by atoms with E-state index in [1.807, 2.05) is 36.4 Å². The molecule has 0 bridgehead atoms. The van der Waals surface area contributed by atoms with Crippen LogP contribution in [0.4, 0.5) is 0 Å². The summed E-state index contributed by atoms with van der Waals surface area (Å²) in [5, 5.41) is 15.8. The second-order valence-corrected chi connectivity index (χ2v) is 7.58. The minimum atomic E-state index is -0.332. The Balaban J connectivity index is 1.76. The van der Waals surface area contributed by atoms with Gasteiger partial charge in [-0.15, -0.1) is 0 Å². The first-order chi connectivity index (χ1) is 14.6. The van der Waals surface area contributed by atoms with Gasteiger partial charge in [-0.3, -0.25) is 4.79 Å². The van der Waals surface area contributed by atoms with Crippen LogP contribution in [0, 0.1) is 0 Å². The largest absolute Gasteiger partial charge is 0.507 e. The summed E-state index contributed by atoms with van der Waals surface area (Å²) >= 11 is 3.37. The fourth-order valence-electron chi connectivity index (χ4n) is 3.23. The Bertz CT molecular complexity index is 1470. The average molecular weight is 460 g/mol. The van der Waals surface area contributed by atoms with E-state index in [1.165, 1.54) is 10.9 Å². The first-order valence-electron chi connectivity index (χ1n) is 9.14. The van der Waals surface area contributed by atoms with E-state index in [1.54, 1.807) is 36.4 Å². The fraction of sp³-hybridized carbons (Fsp3) is 0. The molecule has 0 unspecified atom stereocenters. The van der Waals surface area contributed by atoms with Gasteiger partial charge in [-0.25, -0.2) is 4.98 Å². The van der Waals surface area contributed by atoms with Crippen LogP contribution in [0.2, 0.25) is 0 Å². The van der Waals surface area contributed by atoms with Gasteiger partial charge in [0.15, 0.2) is 5.76 Å². The van der Waals surface area contributed by atoms with Gasteiger partial charge in [0, 0.05) is 15.4 Å². The van der Waals surface area contributed by atoms with Gasteiger partial charge < -0.3 is 9.52 Å². The summed E-state index contributed by atoms with van der Waals surface area (Å²) in [5.74, 6) is 0.754. The third-order valence-corrected chi connectivity index (χ3v) is 5.19. The molecule has 0 saturated carbocycles. The van der Waals surface area contributed by atoms with Crippen LogP contribution in [0.25, 0.3) is 33.5 Å². The molecule has 7 heteroatoms. The number of halogens is 1. The highest BCUT2D eigenvalue weighted by Gasteiger charge is 2.16. The molecule has 0 radical (unpaired) electrons. The normalized spacial score (nSPS) is 11.6. The molecule has 0 saturated heterocycles. The van der Waals surface area contributed by atoms with Gasteiger partial charge in [0.1, 0.15) is 11.3 Å². The molecule has 5 aromatic rings. The van der Waals surface area contributed by atoms with Gasteiger partial charge in [-0.2, -0.15) is 9.78 Å². The van der Waals surface area contributed by atoms with Gasteiger partial charge in [0.25, 0.3) is 5.56 Å². The van der Waals surface area contributed by atoms with E-state index in [9.17, 15) is 9.90 Å². The summed E-state index contributed by atoms with van der Waals surface area (Å²) in [6, 6.07) is 21.5. The number of hydrogen-bond donors (Lipinski definition) is 1. The lowest BCUT2D eigenvalue weighted by Gasteiger charge is -2.07. The molecule has 2 aromatic heterocycles. The van der Waals surface area contributed by atoms with Crippen LogP contribution in [0.5, 0.6) is 5.75 Å². The van der Waals surface area contributed by atoms with Crippen LogP contribution in [-0.4, -0.2) is 21.0 Å². The van der Waals surface area contributed by atoms with E-state index in [0.717, 1.165) is 9.86 Å². The number of para-hydroxylation sites is 2. The topological polar surface area (TPSA) is 80.6 Å². The molecular weight excluding hydrogens is 446 g/mol. The Morgan fingerprint density at radius 1 is 1.03 bits per heavy atom. The monoisotopic (exact) mass is 459 g/mol. The van der Waals surface area contributed by atoms with Crippen LogP contribution in [0.3, 0.4) is 0 Å². The summed E-state index contributed by atoms with van der Waals surface area (Å²) in [5.41, 5.74) is 1.37. The molecule has 3 aromatic carbocycles. The summed E-state index contributed by atoms with van der Waals surface area (Å²) in [6.45, 7) is 0. The zero-order chi connectivity index (χ0) is 20.7. The van der Waals surface area contributed by atoms with Crippen molar-refractivity contribution in [1.82, 2.24) is 9.66 Å². The summed E-state index contributed by atoms with van der Waals surface area (Å²) < 4.78 is 7.92. The van der Waals surface area contributed by atoms with Gasteiger partial charge in [-0.05, 0) is 42.5 Å². The Morgan fingerprint density at radius 2 is 1.83 bits per heavy atom. The van der Waals surface area contributed by atoms with Crippen LogP contribution in [-0.2, 0) is 0 Å². The highest BCUT2D eigenvalue weighted by atomic mass is 79.9. The van der Waals surface area contributed by atoms with E-state index in [2.05, 4.69) is 26.0 Å². The fourth-order valence-corrected chi connectivity index (χ4v) is 3.61. The lowest BCUT2D eigenvalue weighted by atomic mass is 10.2. The highest BCUT2D eigenvalue weighted by molar-refractivity contribution is 9.10. The van der Waals surface area contributed by atoms with Gasteiger partial charge >= 0.3 is 0 Å². The number of aromatic hydroxyl groups is 1. The molecule has 0 aliphatic rings. The molecule has 0 fully saturated rings. The van der Waals surface area contributed by atoms with E-state index in [4.69, 9.17) is 4.42 Å². The number of nitrogens with zero attached hydrogens (tertiary/aromatic N) is 3. The Morgan fingerprint density at radius 3 is 2.70 bits per heavy atom. The lowest BCUT2D eigenvalue weighted by Crippen LogP contribution is -2.20. The summed E-state index contributed by atoms with van der Waals surface area (Å²) in [6.07, 6.45) is 1.42. The van der Waals surface area contributed by atoms with Crippen molar-refractivity contribution in [2.45, 2.75) is 0 Å². The number of phenolic OH excluding ortho intramolecular Hbond substituents is 1. The molecular formula is C23H14BrN3O3. The van der Waals surface area contributed by atoms with Crippen molar-refractivity contribution >= 4 is 44.0 Å². The number of benzene rings is 3. The number of fused-ring (bicyclic) bond motifs is 2. The maximum atomic E-state index is 13.2. The SMILES string of the molecule is O=c1c2ccccc2nc(-c2cc3ccccc3o2)n1N=Cc1cc(Br)ccc1O. The molecule has 0 spiro atoms. The van der Waals surface area contributed by atoms with E-state index in [-0.39, 0.29) is 17.1 Å². The van der Waals surface area contributed by atoms with Gasteiger partial charge in [0.05, 0.1) is 17.1 Å². The van der Waals surface area contributed by atoms with Crippen LogP contribution in [0.15, 0.2) is 91.6 Å². The van der Waals surface area contributed by atoms with Crippen LogP contribution >= 0.6 is 15.9 Å². The second-order valence-electron chi connectivity index (χ2n) is 6.67. The van der Waals surface area contributed by atoms with Crippen molar-refractivity contribution in [3.63, 3.8) is 0 Å². The molecule has 1 N–H and O–H groups in total. The summed E-state index contributed by atoms with van der Waals surface area (Å²) in [4.78, 5) is 17.8. The smallest absolute Gasteiger partial charge is 0.282 e. The first kappa shape index (κ1) is 18.3. The third-order valence-electron chi connectivity index (χ3n) is 4.70.